The van der Waals surface area contributed by atoms with Crippen LogP contribution < -0.4 is 5.32 Å². The lowest BCUT2D eigenvalue weighted by Gasteiger charge is -2.20. The van der Waals surface area contributed by atoms with Crippen molar-refractivity contribution in [2.75, 3.05) is 0 Å². The van der Waals surface area contributed by atoms with E-state index in [1.54, 1.807) is 18.2 Å². The Morgan fingerprint density at radius 1 is 0.792 bits per heavy atom. The van der Waals surface area contributed by atoms with Crippen molar-refractivity contribution in [3.05, 3.63) is 35.4 Å². The van der Waals surface area contributed by atoms with Crippen molar-refractivity contribution >= 4 is 11.9 Å². The third kappa shape index (κ3) is 5.99. The van der Waals surface area contributed by atoms with Crippen LogP contribution in [0.25, 0.3) is 0 Å². The Morgan fingerprint density at radius 2 is 1.25 bits per heavy atom. The lowest BCUT2D eigenvalue weighted by atomic mass is 9.97. The van der Waals surface area contributed by atoms with Crippen LogP contribution >= 0.6 is 0 Å². The summed E-state index contributed by atoms with van der Waals surface area (Å²) in [5.41, 5.74) is 0.333. The van der Waals surface area contributed by atoms with Crippen LogP contribution in [-0.2, 0) is 0 Å². The predicted molar refractivity (Wildman–Crippen MR) is 95.4 cm³/mol. The molecule has 1 aliphatic carbocycles. The standard InChI is InChI=1S/C20H29NO3/c22-19(17-14-10-11-15-18(17)20(23)24)21-16-12-8-6-4-2-1-3-5-7-9-13-16/h10-11,14-16H,1-9,12-13H2,(H,21,22)(H,23,24). The van der Waals surface area contributed by atoms with Crippen LogP contribution in [0.2, 0.25) is 0 Å². The van der Waals surface area contributed by atoms with Gasteiger partial charge in [0.2, 0.25) is 0 Å². The van der Waals surface area contributed by atoms with Crippen LogP contribution in [0.4, 0.5) is 0 Å². The van der Waals surface area contributed by atoms with Gasteiger partial charge in [0, 0.05) is 6.04 Å². The zero-order valence-electron chi connectivity index (χ0n) is 14.4. The van der Waals surface area contributed by atoms with E-state index in [9.17, 15) is 14.7 Å². The van der Waals surface area contributed by atoms with Gasteiger partial charge in [0.05, 0.1) is 11.1 Å². The largest absolute Gasteiger partial charge is 0.478 e. The molecule has 2 rings (SSSR count). The molecule has 0 unspecified atom stereocenters. The van der Waals surface area contributed by atoms with Crippen LogP contribution in [0.15, 0.2) is 24.3 Å². The molecule has 0 aliphatic heterocycles. The molecule has 0 heterocycles. The Kier molecular flexibility index (Phi) is 7.80. The van der Waals surface area contributed by atoms with Crippen molar-refractivity contribution in [3.63, 3.8) is 0 Å². The minimum absolute atomic E-state index is 0.0724. The molecule has 1 aromatic carbocycles. The van der Waals surface area contributed by atoms with Gasteiger partial charge in [-0.15, -0.1) is 0 Å². The van der Waals surface area contributed by atoms with Gasteiger partial charge in [-0.25, -0.2) is 4.79 Å². The molecule has 2 N–H and O–H groups in total. The SMILES string of the molecule is O=C(O)c1ccccc1C(=O)NC1CCCCCCCCCCC1. The zero-order chi connectivity index (χ0) is 17.2. The fourth-order valence-corrected chi connectivity index (χ4v) is 3.44. The number of carbonyl (C=O) groups excluding carboxylic acids is 1. The van der Waals surface area contributed by atoms with Crippen molar-refractivity contribution in [2.24, 2.45) is 0 Å². The van der Waals surface area contributed by atoms with Crippen LogP contribution in [0.3, 0.4) is 0 Å². The molecule has 1 amide bonds. The monoisotopic (exact) mass is 331 g/mol. The molecule has 1 fully saturated rings. The summed E-state index contributed by atoms with van der Waals surface area (Å²) in [6.07, 6.45) is 13.2. The van der Waals surface area contributed by atoms with Gasteiger partial charge in [0.15, 0.2) is 0 Å². The lowest BCUT2D eigenvalue weighted by Crippen LogP contribution is -2.35. The summed E-state index contributed by atoms with van der Waals surface area (Å²) in [6, 6.07) is 6.59. The van der Waals surface area contributed by atoms with Crippen LogP contribution in [-0.4, -0.2) is 23.0 Å². The van der Waals surface area contributed by atoms with Crippen molar-refractivity contribution in [2.45, 2.75) is 76.7 Å². The molecule has 0 saturated heterocycles. The average Bonchev–Trinajstić information content (AvgIpc) is 2.57. The molecule has 1 saturated carbocycles. The second-order valence-electron chi connectivity index (χ2n) is 6.78. The summed E-state index contributed by atoms with van der Waals surface area (Å²) in [6.45, 7) is 0. The first-order chi connectivity index (χ1) is 11.7. The van der Waals surface area contributed by atoms with Crippen LogP contribution in [0, 0.1) is 0 Å². The summed E-state index contributed by atoms with van der Waals surface area (Å²) < 4.78 is 0. The first kappa shape index (κ1) is 18.5. The van der Waals surface area contributed by atoms with E-state index < -0.39 is 5.97 Å². The number of carboxylic acids is 1. The van der Waals surface area contributed by atoms with E-state index in [2.05, 4.69) is 5.32 Å². The molecule has 1 aliphatic rings. The van der Waals surface area contributed by atoms with Gasteiger partial charge in [-0.05, 0) is 25.0 Å². The minimum Gasteiger partial charge on any atom is -0.478 e. The van der Waals surface area contributed by atoms with Crippen molar-refractivity contribution in [3.8, 4) is 0 Å². The first-order valence-corrected chi connectivity index (χ1v) is 9.31. The molecule has 4 nitrogen and oxygen atoms in total. The van der Waals surface area contributed by atoms with E-state index >= 15 is 0 Å². The Balaban J connectivity index is 1.97. The molecule has 24 heavy (non-hydrogen) atoms. The smallest absolute Gasteiger partial charge is 0.336 e. The van der Waals surface area contributed by atoms with Gasteiger partial charge in [-0.2, -0.15) is 0 Å². The fourth-order valence-electron chi connectivity index (χ4n) is 3.44. The molecular formula is C20H29NO3. The number of hydrogen-bond acceptors (Lipinski definition) is 2. The van der Waals surface area contributed by atoms with Crippen LogP contribution in [0.5, 0.6) is 0 Å². The van der Waals surface area contributed by atoms with E-state index in [1.807, 2.05) is 0 Å². The van der Waals surface area contributed by atoms with Gasteiger partial charge >= 0.3 is 5.97 Å². The van der Waals surface area contributed by atoms with Crippen molar-refractivity contribution in [1.82, 2.24) is 5.32 Å². The number of amides is 1. The van der Waals surface area contributed by atoms with Gasteiger partial charge in [0.25, 0.3) is 5.91 Å². The normalized spacial score (nSPS) is 18.2. The molecule has 4 heteroatoms. The third-order valence-corrected chi connectivity index (χ3v) is 4.84. The Hall–Kier alpha value is -1.84. The summed E-state index contributed by atoms with van der Waals surface area (Å²) >= 11 is 0. The molecule has 0 radical (unpaired) electrons. The second kappa shape index (κ2) is 10.1. The Labute approximate surface area is 144 Å². The number of rotatable bonds is 3. The Morgan fingerprint density at radius 3 is 1.75 bits per heavy atom. The molecule has 1 aromatic rings. The second-order valence-corrected chi connectivity index (χ2v) is 6.78. The molecule has 0 aromatic heterocycles. The zero-order valence-corrected chi connectivity index (χ0v) is 14.4. The highest BCUT2D eigenvalue weighted by atomic mass is 16.4. The van der Waals surface area contributed by atoms with Gasteiger partial charge in [-0.3, -0.25) is 4.79 Å². The number of carbonyl (C=O) groups is 2. The predicted octanol–water partition coefficient (Wildman–Crippen LogP) is 4.79. The van der Waals surface area contributed by atoms with E-state index in [1.165, 1.54) is 51.0 Å². The summed E-state index contributed by atoms with van der Waals surface area (Å²) in [5.74, 6) is -1.32. The van der Waals surface area contributed by atoms with E-state index in [4.69, 9.17) is 0 Å². The maximum absolute atomic E-state index is 12.5. The van der Waals surface area contributed by atoms with Gasteiger partial charge in [0.1, 0.15) is 0 Å². The van der Waals surface area contributed by atoms with Gasteiger partial charge in [-0.1, -0.05) is 69.9 Å². The third-order valence-electron chi connectivity index (χ3n) is 4.84. The minimum atomic E-state index is -1.06. The summed E-state index contributed by atoms with van der Waals surface area (Å²) in [7, 11) is 0. The molecule has 0 atom stereocenters. The van der Waals surface area contributed by atoms with Crippen molar-refractivity contribution in [1.29, 1.82) is 0 Å². The number of carboxylic acid groups (broad SMARTS) is 1. The fraction of sp³-hybridized carbons (Fsp3) is 0.600. The summed E-state index contributed by atoms with van der Waals surface area (Å²) in [4.78, 5) is 23.8. The van der Waals surface area contributed by atoms with E-state index in [0.29, 0.717) is 0 Å². The maximum atomic E-state index is 12.5. The van der Waals surface area contributed by atoms with Crippen molar-refractivity contribution < 1.29 is 14.7 Å². The average molecular weight is 331 g/mol. The Bertz CT molecular complexity index is 529. The number of hydrogen-bond donors (Lipinski definition) is 2. The highest BCUT2D eigenvalue weighted by Crippen LogP contribution is 2.18. The lowest BCUT2D eigenvalue weighted by molar-refractivity contribution is 0.0690. The molecule has 132 valence electrons. The number of benzene rings is 1. The van der Waals surface area contributed by atoms with Gasteiger partial charge < -0.3 is 10.4 Å². The number of aromatic carboxylic acids is 1. The maximum Gasteiger partial charge on any atom is 0.336 e. The molecule has 0 spiro atoms. The summed E-state index contributed by atoms with van der Waals surface area (Å²) in [5, 5.41) is 12.3. The highest BCUT2D eigenvalue weighted by Gasteiger charge is 2.19. The van der Waals surface area contributed by atoms with E-state index in [0.717, 1.165) is 25.7 Å². The topological polar surface area (TPSA) is 66.4 Å². The molecular weight excluding hydrogens is 302 g/mol. The first-order valence-electron chi connectivity index (χ1n) is 9.31. The molecule has 0 bridgehead atoms. The number of nitrogens with one attached hydrogen (secondary N) is 1. The van der Waals surface area contributed by atoms with Crippen LogP contribution in [0.1, 0.15) is 91.3 Å². The quantitative estimate of drug-likeness (QED) is 0.837. The van der Waals surface area contributed by atoms with E-state index in [-0.39, 0.29) is 23.1 Å². The highest BCUT2D eigenvalue weighted by molar-refractivity contribution is 6.04.